The van der Waals surface area contributed by atoms with E-state index < -0.39 is 5.91 Å². The highest BCUT2D eigenvalue weighted by Gasteiger charge is 2.05. The van der Waals surface area contributed by atoms with E-state index in [-0.39, 0.29) is 10.7 Å². The number of rotatable bonds is 1. The van der Waals surface area contributed by atoms with E-state index in [4.69, 9.17) is 17.3 Å². The van der Waals surface area contributed by atoms with Gasteiger partial charge in [-0.25, -0.2) is 0 Å². The summed E-state index contributed by atoms with van der Waals surface area (Å²) in [5.74, 6) is -0.597. The molecule has 2 N–H and O–H groups in total. The van der Waals surface area contributed by atoms with Crippen LogP contribution in [-0.2, 0) is 0 Å². The van der Waals surface area contributed by atoms with Crippen molar-refractivity contribution < 1.29 is 4.79 Å². The van der Waals surface area contributed by atoms with Gasteiger partial charge in [0.15, 0.2) is 5.15 Å². The van der Waals surface area contributed by atoms with Crippen LogP contribution in [0.4, 0.5) is 0 Å². The van der Waals surface area contributed by atoms with Gasteiger partial charge in [0, 0.05) is 0 Å². The number of carbonyl (C=O) groups is 1. The highest BCUT2D eigenvalue weighted by atomic mass is 35.5. The fourth-order valence-electron chi connectivity index (χ4n) is 0.498. The van der Waals surface area contributed by atoms with E-state index in [1.54, 1.807) is 0 Å². The predicted molar refractivity (Wildman–Crippen MR) is 35.6 cm³/mol. The molecule has 0 unspecified atom stereocenters. The number of hydrogen-bond acceptors (Lipinski definition) is 3. The van der Waals surface area contributed by atoms with Crippen LogP contribution in [0.5, 0.6) is 0 Å². The average Bonchev–Trinajstić information content (AvgIpc) is 1.88. The van der Waals surface area contributed by atoms with Gasteiger partial charge in [-0.2, -0.15) is 5.10 Å². The van der Waals surface area contributed by atoms with Gasteiger partial charge in [0.05, 0.1) is 11.8 Å². The lowest BCUT2D eigenvalue weighted by atomic mass is 10.3. The van der Waals surface area contributed by atoms with Crippen LogP contribution in [0.1, 0.15) is 10.4 Å². The second-order valence-electron chi connectivity index (χ2n) is 1.60. The maximum absolute atomic E-state index is 10.5. The summed E-state index contributed by atoms with van der Waals surface area (Å²) in [5.41, 5.74) is 5.11. The monoisotopic (exact) mass is 157 g/mol. The summed E-state index contributed by atoms with van der Waals surface area (Å²) in [6, 6.07) is 1.41. The molecule has 1 aromatic heterocycles. The second-order valence-corrected chi connectivity index (χ2v) is 1.96. The molecule has 0 aliphatic carbocycles. The molecule has 0 aliphatic heterocycles. The third-order valence-corrected chi connectivity index (χ3v) is 1.22. The Hall–Kier alpha value is -1.16. The van der Waals surface area contributed by atoms with E-state index >= 15 is 0 Å². The summed E-state index contributed by atoms with van der Waals surface area (Å²) in [4.78, 5) is 10.5. The number of nitrogens with two attached hydrogens (primary N) is 1. The van der Waals surface area contributed by atoms with E-state index in [9.17, 15) is 4.79 Å². The SMILES string of the molecule is NC(=O)c1ccnnc1Cl. The second kappa shape index (κ2) is 2.62. The topological polar surface area (TPSA) is 68.9 Å². The van der Waals surface area contributed by atoms with E-state index in [0.29, 0.717) is 0 Å². The molecule has 0 aliphatic rings. The number of primary amides is 1. The molecule has 0 atom stereocenters. The molecule has 4 nitrogen and oxygen atoms in total. The van der Waals surface area contributed by atoms with Crippen molar-refractivity contribution in [2.24, 2.45) is 5.73 Å². The Morgan fingerprint density at radius 2 is 2.40 bits per heavy atom. The summed E-state index contributed by atoms with van der Waals surface area (Å²) in [5, 5.41) is 6.89. The maximum atomic E-state index is 10.5. The zero-order valence-corrected chi connectivity index (χ0v) is 5.67. The Bertz CT molecular complexity index is 263. The van der Waals surface area contributed by atoms with Crippen LogP contribution < -0.4 is 5.73 Å². The Morgan fingerprint density at radius 3 is 2.80 bits per heavy atom. The van der Waals surface area contributed by atoms with Gasteiger partial charge < -0.3 is 5.73 Å². The summed E-state index contributed by atoms with van der Waals surface area (Å²) in [6.45, 7) is 0. The third-order valence-electron chi connectivity index (χ3n) is 0.941. The molecule has 1 rings (SSSR count). The smallest absolute Gasteiger partial charge is 0.251 e. The van der Waals surface area contributed by atoms with E-state index in [0.717, 1.165) is 0 Å². The quantitative estimate of drug-likeness (QED) is 0.635. The minimum atomic E-state index is -0.597. The van der Waals surface area contributed by atoms with Crippen molar-refractivity contribution in [1.82, 2.24) is 10.2 Å². The molecule has 0 radical (unpaired) electrons. The van der Waals surface area contributed by atoms with Crippen molar-refractivity contribution in [3.63, 3.8) is 0 Å². The van der Waals surface area contributed by atoms with Crippen LogP contribution in [0.2, 0.25) is 5.15 Å². The van der Waals surface area contributed by atoms with Gasteiger partial charge in [-0.1, -0.05) is 11.6 Å². The Labute approximate surface area is 62.0 Å². The van der Waals surface area contributed by atoms with Gasteiger partial charge in [-0.05, 0) is 6.07 Å². The van der Waals surface area contributed by atoms with Crippen molar-refractivity contribution in [3.8, 4) is 0 Å². The Morgan fingerprint density at radius 1 is 1.70 bits per heavy atom. The van der Waals surface area contributed by atoms with Gasteiger partial charge in [-0.3, -0.25) is 4.79 Å². The molecule has 0 spiro atoms. The van der Waals surface area contributed by atoms with Crippen LogP contribution >= 0.6 is 11.6 Å². The Kier molecular flexibility index (Phi) is 1.82. The first-order valence-corrected chi connectivity index (χ1v) is 2.86. The van der Waals surface area contributed by atoms with Gasteiger partial charge >= 0.3 is 0 Å². The molecule has 0 saturated carbocycles. The largest absolute Gasteiger partial charge is 0.366 e. The molecule has 0 fully saturated rings. The maximum Gasteiger partial charge on any atom is 0.251 e. The highest BCUT2D eigenvalue weighted by molar-refractivity contribution is 6.32. The minimum Gasteiger partial charge on any atom is -0.366 e. The summed E-state index contributed by atoms with van der Waals surface area (Å²) in [6.07, 6.45) is 1.35. The Balaban J connectivity index is 3.15. The normalized spacial score (nSPS) is 9.30. The molecule has 0 aromatic carbocycles. The minimum absolute atomic E-state index is 0.0370. The number of hydrogen-bond donors (Lipinski definition) is 1. The molecular weight excluding hydrogens is 154 g/mol. The molecular formula is C5H4ClN3O. The van der Waals surface area contributed by atoms with Crippen LogP contribution in [0.15, 0.2) is 12.3 Å². The van der Waals surface area contributed by atoms with Gasteiger partial charge in [0.1, 0.15) is 0 Å². The molecule has 5 heteroatoms. The standard InChI is InChI=1S/C5H4ClN3O/c6-4-3(5(7)10)1-2-8-9-4/h1-2H,(H2,7,10). The first-order chi connectivity index (χ1) is 4.72. The fourth-order valence-corrected chi connectivity index (χ4v) is 0.698. The summed E-state index contributed by atoms with van der Waals surface area (Å²) < 4.78 is 0. The lowest BCUT2D eigenvalue weighted by Crippen LogP contribution is -2.12. The zero-order chi connectivity index (χ0) is 7.56. The first kappa shape index (κ1) is 6.95. The summed E-state index contributed by atoms with van der Waals surface area (Å²) in [7, 11) is 0. The molecule has 1 aromatic rings. The van der Waals surface area contributed by atoms with E-state index in [1.165, 1.54) is 12.3 Å². The lowest BCUT2D eigenvalue weighted by Gasteiger charge is -1.93. The van der Waals surface area contributed by atoms with Crippen molar-refractivity contribution in [1.29, 1.82) is 0 Å². The van der Waals surface area contributed by atoms with Crippen LogP contribution in [-0.4, -0.2) is 16.1 Å². The first-order valence-electron chi connectivity index (χ1n) is 2.49. The molecule has 1 heterocycles. The highest BCUT2D eigenvalue weighted by Crippen LogP contribution is 2.07. The lowest BCUT2D eigenvalue weighted by molar-refractivity contribution is 0.1000. The van der Waals surface area contributed by atoms with Crippen LogP contribution in [0.3, 0.4) is 0 Å². The zero-order valence-electron chi connectivity index (χ0n) is 4.91. The van der Waals surface area contributed by atoms with Crippen molar-refractivity contribution in [2.45, 2.75) is 0 Å². The van der Waals surface area contributed by atoms with Crippen LogP contribution in [0, 0.1) is 0 Å². The predicted octanol–water partition coefficient (Wildman–Crippen LogP) is 0.229. The third kappa shape index (κ3) is 1.22. The molecule has 1 amide bonds. The van der Waals surface area contributed by atoms with E-state index in [2.05, 4.69) is 10.2 Å². The molecule has 52 valence electrons. The van der Waals surface area contributed by atoms with E-state index in [1.807, 2.05) is 0 Å². The van der Waals surface area contributed by atoms with Crippen molar-refractivity contribution >= 4 is 17.5 Å². The van der Waals surface area contributed by atoms with Crippen molar-refractivity contribution in [3.05, 3.63) is 23.0 Å². The average molecular weight is 158 g/mol. The fraction of sp³-hybridized carbons (Fsp3) is 0. The number of carbonyl (C=O) groups excluding carboxylic acids is 1. The molecule has 0 saturated heterocycles. The van der Waals surface area contributed by atoms with Crippen molar-refractivity contribution in [2.75, 3.05) is 0 Å². The number of aromatic nitrogens is 2. The number of amides is 1. The van der Waals surface area contributed by atoms with Gasteiger partial charge in [-0.15, -0.1) is 5.10 Å². The summed E-state index contributed by atoms with van der Waals surface area (Å²) >= 11 is 5.44. The van der Waals surface area contributed by atoms with Gasteiger partial charge in [0.2, 0.25) is 0 Å². The molecule has 10 heavy (non-hydrogen) atoms. The van der Waals surface area contributed by atoms with Crippen LogP contribution in [0.25, 0.3) is 0 Å². The molecule has 0 bridgehead atoms. The van der Waals surface area contributed by atoms with Gasteiger partial charge in [0.25, 0.3) is 5.91 Å². The number of halogens is 1. The number of nitrogens with zero attached hydrogens (tertiary/aromatic N) is 2.